The van der Waals surface area contributed by atoms with Crippen LogP contribution in [0.2, 0.25) is 0 Å². The fourth-order valence-electron chi connectivity index (χ4n) is 1.71. The van der Waals surface area contributed by atoms with Gasteiger partial charge < -0.3 is 4.79 Å². The molecular weight excluding hydrogens is 208 g/mol. The van der Waals surface area contributed by atoms with Gasteiger partial charge in [-0.1, -0.05) is 60.7 Å². The quantitative estimate of drug-likeness (QED) is 0.716. The second-order valence-corrected chi connectivity index (χ2v) is 3.80. The van der Waals surface area contributed by atoms with Gasteiger partial charge in [-0.05, 0) is 22.8 Å². The summed E-state index contributed by atoms with van der Waals surface area (Å²) in [7, 11) is 0. The van der Waals surface area contributed by atoms with Crippen molar-refractivity contribution in [2.45, 2.75) is 6.42 Å². The number of hydrogen-bond donors (Lipinski definition) is 0. The molecule has 2 rings (SSSR count). The maximum Gasteiger partial charge on any atom is 0.123 e. The third kappa shape index (κ3) is 3.15. The molecule has 84 valence electrons. The molecule has 0 spiro atoms. The third-order valence-corrected chi connectivity index (χ3v) is 2.54. The van der Waals surface area contributed by atoms with Crippen molar-refractivity contribution in [2.24, 2.45) is 0 Å². The van der Waals surface area contributed by atoms with E-state index in [2.05, 4.69) is 24.3 Å². The van der Waals surface area contributed by atoms with Gasteiger partial charge in [-0.3, -0.25) is 0 Å². The number of allylic oxidation sites excluding steroid dienone is 1. The molecule has 0 aliphatic rings. The summed E-state index contributed by atoms with van der Waals surface area (Å²) in [6, 6.07) is 18.5. The zero-order valence-electron chi connectivity index (χ0n) is 9.54. The maximum absolute atomic E-state index is 10.2. The van der Waals surface area contributed by atoms with E-state index >= 15 is 0 Å². The lowest BCUT2D eigenvalue weighted by Crippen LogP contribution is -1.78. The number of benzene rings is 2. The standard InChI is InChI=1S/C16H14O/c17-12-5-4-7-14-8-6-11-16(13-14)15-9-2-1-3-10-15/h1-4,6-13H,5H2. The molecule has 0 amide bonds. The highest BCUT2D eigenvalue weighted by atomic mass is 16.1. The molecule has 0 aliphatic carbocycles. The lowest BCUT2D eigenvalue weighted by atomic mass is 10.0. The van der Waals surface area contributed by atoms with E-state index in [1.807, 2.05) is 42.5 Å². The molecular formula is C16H14O. The molecule has 0 aromatic heterocycles. The topological polar surface area (TPSA) is 17.1 Å². The van der Waals surface area contributed by atoms with Crippen LogP contribution in [0.4, 0.5) is 0 Å². The lowest BCUT2D eigenvalue weighted by Gasteiger charge is -2.02. The Morgan fingerprint density at radius 3 is 2.41 bits per heavy atom. The summed E-state index contributed by atoms with van der Waals surface area (Å²) >= 11 is 0. The minimum Gasteiger partial charge on any atom is -0.303 e. The summed E-state index contributed by atoms with van der Waals surface area (Å²) in [5, 5.41) is 0. The van der Waals surface area contributed by atoms with Crippen molar-refractivity contribution in [3.05, 3.63) is 66.2 Å². The van der Waals surface area contributed by atoms with Crippen LogP contribution in [0.25, 0.3) is 17.2 Å². The minimum absolute atomic E-state index is 0.468. The molecule has 0 fully saturated rings. The molecule has 0 atom stereocenters. The highest BCUT2D eigenvalue weighted by molar-refractivity contribution is 5.67. The van der Waals surface area contributed by atoms with Gasteiger partial charge in [0.05, 0.1) is 0 Å². The molecule has 0 saturated carbocycles. The maximum atomic E-state index is 10.2. The summed E-state index contributed by atoms with van der Waals surface area (Å²) in [5.74, 6) is 0. The molecule has 2 aromatic rings. The van der Waals surface area contributed by atoms with Gasteiger partial charge in [-0.15, -0.1) is 0 Å². The molecule has 0 unspecified atom stereocenters. The van der Waals surface area contributed by atoms with Crippen LogP contribution in [-0.4, -0.2) is 6.29 Å². The van der Waals surface area contributed by atoms with Crippen LogP contribution in [0.5, 0.6) is 0 Å². The molecule has 17 heavy (non-hydrogen) atoms. The van der Waals surface area contributed by atoms with Crippen molar-refractivity contribution < 1.29 is 4.79 Å². The summed E-state index contributed by atoms with van der Waals surface area (Å²) < 4.78 is 0. The number of carbonyl (C=O) groups excluding carboxylic acids is 1. The number of carbonyl (C=O) groups is 1. The highest BCUT2D eigenvalue weighted by Gasteiger charge is 1.96. The van der Waals surface area contributed by atoms with Crippen LogP contribution in [-0.2, 0) is 4.79 Å². The monoisotopic (exact) mass is 222 g/mol. The van der Waals surface area contributed by atoms with Crippen LogP contribution in [0.1, 0.15) is 12.0 Å². The van der Waals surface area contributed by atoms with E-state index in [0.29, 0.717) is 6.42 Å². The van der Waals surface area contributed by atoms with E-state index in [1.54, 1.807) is 0 Å². The Bertz CT molecular complexity index is 512. The third-order valence-electron chi connectivity index (χ3n) is 2.54. The van der Waals surface area contributed by atoms with Gasteiger partial charge in [0.25, 0.3) is 0 Å². The van der Waals surface area contributed by atoms with Crippen molar-refractivity contribution in [3.8, 4) is 11.1 Å². The molecule has 0 radical (unpaired) electrons. The van der Waals surface area contributed by atoms with Crippen molar-refractivity contribution in [1.82, 2.24) is 0 Å². The molecule has 0 aliphatic heterocycles. The Morgan fingerprint density at radius 2 is 1.65 bits per heavy atom. The van der Waals surface area contributed by atoms with Crippen LogP contribution >= 0.6 is 0 Å². The van der Waals surface area contributed by atoms with Crippen LogP contribution < -0.4 is 0 Å². The molecule has 0 N–H and O–H groups in total. The van der Waals surface area contributed by atoms with Gasteiger partial charge in [-0.25, -0.2) is 0 Å². The van der Waals surface area contributed by atoms with Crippen molar-refractivity contribution in [3.63, 3.8) is 0 Å². The SMILES string of the molecule is O=CCC=Cc1cccc(-c2ccccc2)c1. The van der Waals surface area contributed by atoms with Crippen LogP contribution in [0.15, 0.2) is 60.7 Å². The van der Waals surface area contributed by atoms with E-state index in [9.17, 15) is 4.79 Å². The zero-order chi connectivity index (χ0) is 11.9. The zero-order valence-corrected chi connectivity index (χ0v) is 9.54. The fourth-order valence-corrected chi connectivity index (χ4v) is 1.71. The number of hydrogen-bond acceptors (Lipinski definition) is 1. The Labute approximate surface area is 101 Å². The van der Waals surface area contributed by atoms with Crippen LogP contribution in [0, 0.1) is 0 Å². The van der Waals surface area contributed by atoms with Gasteiger partial charge in [0.1, 0.15) is 6.29 Å². The van der Waals surface area contributed by atoms with Gasteiger partial charge in [-0.2, -0.15) is 0 Å². The van der Waals surface area contributed by atoms with E-state index in [0.717, 1.165) is 11.8 Å². The summed E-state index contributed by atoms with van der Waals surface area (Å²) in [6.07, 6.45) is 5.21. The molecule has 1 heteroatoms. The Hall–Kier alpha value is -2.15. The van der Waals surface area contributed by atoms with Crippen molar-refractivity contribution in [1.29, 1.82) is 0 Å². The van der Waals surface area contributed by atoms with Crippen molar-refractivity contribution >= 4 is 12.4 Å². The first kappa shape index (κ1) is 11.3. The second-order valence-electron chi connectivity index (χ2n) is 3.80. The molecule has 2 aromatic carbocycles. The van der Waals surface area contributed by atoms with Crippen molar-refractivity contribution in [2.75, 3.05) is 0 Å². The fraction of sp³-hybridized carbons (Fsp3) is 0.0625. The summed E-state index contributed by atoms with van der Waals surface area (Å²) in [5.41, 5.74) is 3.52. The normalized spacial score (nSPS) is 10.6. The predicted molar refractivity (Wildman–Crippen MR) is 71.6 cm³/mol. The molecule has 1 nitrogen and oxygen atoms in total. The van der Waals surface area contributed by atoms with Gasteiger partial charge in [0.2, 0.25) is 0 Å². The Morgan fingerprint density at radius 1 is 0.882 bits per heavy atom. The molecule has 0 heterocycles. The average Bonchev–Trinajstić information content (AvgIpc) is 2.41. The average molecular weight is 222 g/mol. The first-order valence-corrected chi connectivity index (χ1v) is 5.66. The number of rotatable bonds is 4. The predicted octanol–water partition coefficient (Wildman–Crippen LogP) is 3.96. The van der Waals surface area contributed by atoms with Gasteiger partial charge in [0, 0.05) is 6.42 Å². The second kappa shape index (κ2) is 5.80. The van der Waals surface area contributed by atoms with Crippen LogP contribution in [0.3, 0.4) is 0 Å². The van der Waals surface area contributed by atoms with E-state index < -0.39 is 0 Å². The van der Waals surface area contributed by atoms with E-state index in [4.69, 9.17) is 0 Å². The van der Waals surface area contributed by atoms with Gasteiger partial charge >= 0.3 is 0 Å². The minimum atomic E-state index is 0.468. The first-order valence-electron chi connectivity index (χ1n) is 5.66. The molecule has 0 saturated heterocycles. The largest absolute Gasteiger partial charge is 0.303 e. The van der Waals surface area contributed by atoms with E-state index in [-0.39, 0.29) is 0 Å². The number of aldehydes is 1. The lowest BCUT2D eigenvalue weighted by molar-refractivity contribution is -0.107. The Kier molecular flexibility index (Phi) is 3.87. The summed E-state index contributed by atoms with van der Waals surface area (Å²) in [6.45, 7) is 0. The first-order chi connectivity index (χ1) is 8.40. The molecule has 0 bridgehead atoms. The summed E-state index contributed by atoms with van der Waals surface area (Å²) in [4.78, 5) is 10.2. The Balaban J connectivity index is 2.26. The highest BCUT2D eigenvalue weighted by Crippen LogP contribution is 2.20. The van der Waals surface area contributed by atoms with E-state index in [1.165, 1.54) is 11.1 Å². The van der Waals surface area contributed by atoms with Gasteiger partial charge in [0.15, 0.2) is 0 Å². The smallest absolute Gasteiger partial charge is 0.123 e.